The van der Waals surface area contributed by atoms with Crippen molar-refractivity contribution in [2.75, 3.05) is 38.3 Å². The summed E-state index contributed by atoms with van der Waals surface area (Å²) in [4.78, 5) is 30.1. The molecule has 6 rings (SSSR count). The van der Waals surface area contributed by atoms with Crippen LogP contribution in [-0.4, -0.2) is 69.6 Å². The molecule has 0 radical (unpaired) electrons. The van der Waals surface area contributed by atoms with E-state index < -0.39 is 5.92 Å². The summed E-state index contributed by atoms with van der Waals surface area (Å²) >= 11 is 1.47. The van der Waals surface area contributed by atoms with Crippen molar-refractivity contribution < 1.29 is 27.8 Å². The van der Waals surface area contributed by atoms with Crippen LogP contribution in [0.5, 0.6) is 17.5 Å². The van der Waals surface area contributed by atoms with Gasteiger partial charge in [-0.15, -0.1) is 11.3 Å². The van der Waals surface area contributed by atoms with Crippen molar-refractivity contribution >= 4 is 33.6 Å². The number of hydrogen-bond acceptors (Lipinski definition) is 9. The van der Waals surface area contributed by atoms with Crippen LogP contribution in [-0.2, 0) is 5.92 Å². The minimum Gasteiger partial charge on any atom is -0.488 e. The first-order valence-electron chi connectivity index (χ1n) is 12.0. The number of carbonyl (C=O) groups is 1. The number of halogens is 2. The third kappa shape index (κ3) is 4.46. The number of amides is 1. The van der Waals surface area contributed by atoms with Gasteiger partial charge < -0.3 is 24.0 Å². The van der Waals surface area contributed by atoms with E-state index in [-0.39, 0.29) is 23.5 Å². The summed E-state index contributed by atoms with van der Waals surface area (Å²) in [5, 5.41) is 1.91. The van der Waals surface area contributed by atoms with Gasteiger partial charge in [-0.1, -0.05) is 0 Å². The van der Waals surface area contributed by atoms with Crippen LogP contribution < -0.4 is 19.1 Å². The van der Waals surface area contributed by atoms with Crippen LogP contribution in [0.4, 0.5) is 20.2 Å². The Bertz CT molecular complexity index is 1470. The second-order valence-electron chi connectivity index (χ2n) is 9.13. The number of ether oxygens (including phenoxy) is 3. The maximum Gasteiger partial charge on any atom is 0.275 e. The predicted octanol–water partition coefficient (Wildman–Crippen LogP) is 4.13. The van der Waals surface area contributed by atoms with Crippen molar-refractivity contribution in [3.8, 4) is 17.5 Å². The molecule has 1 saturated heterocycles. The Morgan fingerprint density at radius 2 is 2.11 bits per heavy atom. The van der Waals surface area contributed by atoms with E-state index >= 15 is 0 Å². The molecule has 38 heavy (non-hydrogen) atoms. The SMILES string of the molecule is COc1ncc(N2CCOc3cnc(O[C@H]4CCN(C(=O)c5cn6ccsc6n5)C4)cc32)cc1C(C)(F)F. The summed E-state index contributed by atoms with van der Waals surface area (Å²) in [7, 11) is 1.31. The number of fused-ring (bicyclic) bond motifs is 2. The number of pyridine rings is 2. The average Bonchev–Trinajstić information content (AvgIpc) is 3.64. The Morgan fingerprint density at radius 3 is 2.89 bits per heavy atom. The summed E-state index contributed by atoms with van der Waals surface area (Å²) < 4.78 is 47.2. The van der Waals surface area contributed by atoms with Gasteiger partial charge in [-0.2, -0.15) is 0 Å². The van der Waals surface area contributed by atoms with Crippen LogP contribution in [0.2, 0.25) is 0 Å². The fourth-order valence-electron chi connectivity index (χ4n) is 4.67. The minimum atomic E-state index is -3.13. The molecule has 2 aliphatic rings. The number of thiazole rings is 1. The van der Waals surface area contributed by atoms with Gasteiger partial charge in [-0.25, -0.2) is 23.7 Å². The van der Waals surface area contributed by atoms with E-state index in [0.29, 0.717) is 61.4 Å². The molecule has 0 spiro atoms. The fraction of sp³-hybridized carbons (Fsp3) is 0.360. The van der Waals surface area contributed by atoms with Gasteiger partial charge in [0, 0.05) is 43.7 Å². The van der Waals surface area contributed by atoms with Gasteiger partial charge in [0.15, 0.2) is 10.7 Å². The van der Waals surface area contributed by atoms with Crippen LogP contribution in [0.15, 0.2) is 42.3 Å². The number of nitrogens with zero attached hydrogens (tertiary/aromatic N) is 6. The zero-order valence-corrected chi connectivity index (χ0v) is 21.5. The number of carbonyl (C=O) groups excluding carboxylic acids is 1. The van der Waals surface area contributed by atoms with Crippen molar-refractivity contribution in [3.05, 3.63) is 53.6 Å². The molecule has 1 atom stereocenters. The molecule has 0 saturated carbocycles. The second kappa shape index (κ2) is 9.39. The number of aromatic nitrogens is 4. The second-order valence-corrected chi connectivity index (χ2v) is 10.0. The molecule has 0 aromatic carbocycles. The average molecular weight is 543 g/mol. The lowest BCUT2D eigenvalue weighted by Crippen LogP contribution is -2.31. The molecule has 0 bridgehead atoms. The molecule has 4 aromatic heterocycles. The molecule has 10 nitrogen and oxygen atoms in total. The highest BCUT2D eigenvalue weighted by atomic mass is 32.1. The summed E-state index contributed by atoms with van der Waals surface area (Å²) in [6, 6.07) is 3.10. The van der Waals surface area contributed by atoms with Gasteiger partial charge in [-0.05, 0) is 6.07 Å². The van der Waals surface area contributed by atoms with Crippen molar-refractivity contribution in [1.29, 1.82) is 0 Å². The van der Waals surface area contributed by atoms with E-state index in [0.717, 1.165) is 11.9 Å². The van der Waals surface area contributed by atoms with E-state index in [1.807, 2.05) is 20.9 Å². The van der Waals surface area contributed by atoms with Crippen LogP contribution >= 0.6 is 11.3 Å². The number of likely N-dealkylation sites (tertiary alicyclic amines) is 1. The van der Waals surface area contributed by atoms with Gasteiger partial charge in [-0.3, -0.25) is 9.20 Å². The third-order valence-corrected chi connectivity index (χ3v) is 7.30. The van der Waals surface area contributed by atoms with Crippen LogP contribution in [0, 0.1) is 0 Å². The van der Waals surface area contributed by atoms with Crippen molar-refractivity contribution in [3.63, 3.8) is 0 Å². The molecule has 0 N–H and O–H groups in total. The number of rotatable bonds is 6. The predicted molar refractivity (Wildman–Crippen MR) is 135 cm³/mol. The molecule has 4 aromatic rings. The largest absolute Gasteiger partial charge is 0.488 e. The zero-order chi connectivity index (χ0) is 26.4. The topological polar surface area (TPSA) is 94.3 Å². The van der Waals surface area contributed by atoms with Crippen LogP contribution in [0.1, 0.15) is 29.4 Å². The lowest BCUT2D eigenvalue weighted by Gasteiger charge is -2.31. The molecular formula is C25H24F2N6O4S. The lowest BCUT2D eigenvalue weighted by atomic mass is 10.1. The van der Waals surface area contributed by atoms with Crippen LogP contribution in [0.25, 0.3) is 4.96 Å². The van der Waals surface area contributed by atoms with E-state index in [4.69, 9.17) is 14.2 Å². The summed E-state index contributed by atoms with van der Waals surface area (Å²) in [6.07, 6.45) is 7.04. The van der Waals surface area contributed by atoms with Gasteiger partial charge in [0.2, 0.25) is 11.8 Å². The summed E-state index contributed by atoms with van der Waals surface area (Å²) in [5.41, 5.74) is 1.20. The van der Waals surface area contributed by atoms with Gasteiger partial charge in [0.1, 0.15) is 18.4 Å². The standard InChI is InChI=1S/C25H24F2N6O4S/c1-25(26,27)17-9-15(11-29-22(17)35-2)33-5-7-36-20-12-28-21(10-19(20)33)37-16-3-4-31(13-16)23(34)18-14-32-6-8-38-24(32)30-18/h6,8-12,14,16H,3-5,7,13H2,1-2H3/t16-/m0/s1. The highest BCUT2D eigenvalue weighted by Crippen LogP contribution is 2.41. The molecular weight excluding hydrogens is 518 g/mol. The highest BCUT2D eigenvalue weighted by Gasteiger charge is 2.33. The van der Waals surface area contributed by atoms with Gasteiger partial charge >= 0.3 is 0 Å². The number of methoxy groups -OCH3 is 1. The molecule has 0 unspecified atom stereocenters. The first-order chi connectivity index (χ1) is 18.3. The van der Waals surface area contributed by atoms with E-state index in [1.54, 1.807) is 23.4 Å². The molecule has 1 amide bonds. The Morgan fingerprint density at radius 1 is 1.24 bits per heavy atom. The van der Waals surface area contributed by atoms with Crippen molar-refractivity contribution in [2.45, 2.75) is 25.4 Å². The quantitative estimate of drug-likeness (QED) is 0.359. The number of imidazole rings is 1. The van der Waals surface area contributed by atoms with Crippen LogP contribution in [0.3, 0.4) is 0 Å². The third-order valence-electron chi connectivity index (χ3n) is 6.53. The van der Waals surface area contributed by atoms with Crippen molar-refractivity contribution in [1.82, 2.24) is 24.3 Å². The normalized spacial score (nSPS) is 17.4. The molecule has 0 aliphatic carbocycles. The monoisotopic (exact) mass is 542 g/mol. The van der Waals surface area contributed by atoms with E-state index in [2.05, 4.69) is 15.0 Å². The molecule has 1 fully saturated rings. The lowest BCUT2D eigenvalue weighted by molar-refractivity contribution is 0.0145. The van der Waals surface area contributed by atoms with E-state index in [1.165, 1.54) is 30.7 Å². The molecule has 198 valence electrons. The molecule has 2 aliphatic heterocycles. The first kappa shape index (κ1) is 24.3. The Balaban J connectivity index is 1.20. The Labute approximate surface area is 220 Å². The first-order valence-corrected chi connectivity index (χ1v) is 12.9. The maximum absolute atomic E-state index is 14.2. The summed E-state index contributed by atoms with van der Waals surface area (Å²) in [6.45, 7) is 2.53. The highest BCUT2D eigenvalue weighted by molar-refractivity contribution is 7.15. The van der Waals surface area contributed by atoms with E-state index in [9.17, 15) is 13.6 Å². The number of hydrogen-bond donors (Lipinski definition) is 0. The smallest absolute Gasteiger partial charge is 0.275 e. The van der Waals surface area contributed by atoms with Gasteiger partial charge in [0.25, 0.3) is 11.8 Å². The fourth-order valence-corrected chi connectivity index (χ4v) is 5.37. The van der Waals surface area contributed by atoms with Crippen molar-refractivity contribution in [2.24, 2.45) is 0 Å². The maximum atomic E-state index is 14.2. The summed E-state index contributed by atoms with van der Waals surface area (Å²) in [5.74, 6) is -2.53. The number of anilines is 2. The molecule has 6 heterocycles. The molecule has 13 heteroatoms. The Hall–Kier alpha value is -4.00. The minimum absolute atomic E-state index is 0.121. The number of alkyl halides is 2. The van der Waals surface area contributed by atoms with Gasteiger partial charge in [0.05, 0.1) is 49.5 Å². The Kier molecular flexibility index (Phi) is 6.01. The zero-order valence-electron chi connectivity index (χ0n) is 20.6.